The van der Waals surface area contributed by atoms with Gasteiger partial charge in [-0.1, -0.05) is 0 Å². The highest BCUT2D eigenvalue weighted by atomic mass is 16.5. The van der Waals surface area contributed by atoms with E-state index in [0.29, 0.717) is 6.61 Å². The van der Waals surface area contributed by atoms with E-state index in [1.54, 1.807) is 6.20 Å². The molecular formula is C21H29N5O2. The van der Waals surface area contributed by atoms with Gasteiger partial charge >= 0.3 is 0 Å². The maximum absolute atomic E-state index is 12.9. The van der Waals surface area contributed by atoms with E-state index in [2.05, 4.69) is 21.5 Å². The topological polar surface area (TPSA) is 63.5 Å². The lowest BCUT2D eigenvalue weighted by atomic mass is 10.1. The minimum Gasteiger partial charge on any atom is -0.376 e. The number of fused-ring (bicyclic) bond motifs is 1. The van der Waals surface area contributed by atoms with E-state index in [1.807, 2.05) is 24.0 Å². The molecule has 0 spiro atoms. The molecule has 0 aliphatic carbocycles. The average molecular weight is 383 g/mol. The zero-order chi connectivity index (χ0) is 19.5. The molecule has 0 saturated carbocycles. The lowest BCUT2D eigenvalue weighted by molar-refractivity contribution is 0.0760. The van der Waals surface area contributed by atoms with Crippen LogP contribution in [-0.2, 0) is 30.9 Å². The Hall–Kier alpha value is -2.25. The highest BCUT2D eigenvalue weighted by Crippen LogP contribution is 2.22. The molecule has 2 aromatic heterocycles. The van der Waals surface area contributed by atoms with Gasteiger partial charge in [-0.3, -0.25) is 19.4 Å². The van der Waals surface area contributed by atoms with Crippen LogP contribution in [0.4, 0.5) is 0 Å². The fourth-order valence-corrected chi connectivity index (χ4v) is 4.17. The second kappa shape index (κ2) is 8.41. The highest BCUT2D eigenvalue weighted by Gasteiger charge is 2.24. The summed E-state index contributed by atoms with van der Waals surface area (Å²) in [5.74, 6) is 0.105. The minimum atomic E-state index is 0.105. The molecule has 2 aliphatic heterocycles. The summed E-state index contributed by atoms with van der Waals surface area (Å²) in [6.07, 6.45) is 3.63. The fraction of sp³-hybridized carbons (Fsp3) is 0.571. The van der Waals surface area contributed by atoms with Gasteiger partial charge in [-0.2, -0.15) is 5.10 Å². The molecule has 0 radical (unpaired) electrons. The van der Waals surface area contributed by atoms with Crippen molar-refractivity contribution in [1.29, 1.82) is 0 Å². The SMILES string of the molecule is CCn1nc(CN2CCCN(C(=O)c3ccnc(C)c3)CC2)c2c1CCOC2. The molecule has 1 fully saturated rings. The molecule has 0 atom stereocenters. The van der Waals surface area contributed by atoms with Gasteiger partial charge in [0, 0.05) is 74.4 Å². The van der Waals surface area contributed by atoms with E-state index in [9.17, 15) is 4.79 Å². The standard InChI is InChI=1S/C21H29N5O2/c1-3-26-20-6-12-28-15-18(20)19(23-26)14-24-8-4-9-25(11-10-24)21(27)17-5-7-22-16(2)13-17/h5,7,13H,3-4,6,8-12,14-15H2,1-2H3. The molecule has 0 unspecified atom stereocenters. The van der Waals surface area contributed by atoms with Crippen molar-refractivity contribution in [2.45, 2.75) is 46.4 Å². The Bertz CT molecular complexity index is 847. The van der Waals surface area contributed by atoms with Crippen LogP contribution in [0.3, 0.4) is 0 Å². The number of rotatable bonds is 4. The third-order valence-electron chi connectivity index (χ3n) is 5.67. The summed E-state index contributed by atoms with van der Waals surface area (Å²) in [7, 11) is 0. The van der Waals surface area contributed by atoms with Crippen molar-refractivity contribution in [1.82, 2.24) is 24.6 Å². The smallest absolute Gasteiger partial charge is 0.254 e. The number of aryl methyl sites for hydroxylation is 2. The van der Waals surface area contributed by atoms with Crippen molar-refractivity contribution in [3.8, 4) is 0 Å². The Morgan fingerprint density at radius 3 is 2.96 bits per heavy atom. The minimum absolute atomic E-state index is 0.105. The normalized spacial score (nSPS) is 18.0. The van der Waals surface area contributed by atoms with E-state index >= 15 is 0 Å². The van der Waals surface area contributed by atoms with Gasteiger partial charge in [0.1, 0.15) is 0 Å². The van der Waals surface area contributed by atoms with Gasteiger partial charge in [-0.05, 0) is 32.4 Å². The Morgan fingerprint density at radius 1 is 1.25 bits per heavy atom. The first-order chi connectivity index (χ1) is 13.7. The average Bonchev–Trinajstić information content (AvgIpc) is 2.90. The first kappa shape index (κ1) is 19.1. The molecule has 4 rings (SSSR count). The first-order valence-electron chi connectivity index (χ1n) is 10.2. The van der Waals surface area contributed by atoms with Gasteiger partial charge in [-0.25, -0.2) is 0 Å². The number of carbonyl (C=O) groups is 1. The maximum atomic E-state index is 12.9. The number of aromatic nitrogens is 3. The number of ether oxygens (including phenoxy) is 1. The van der Waals surface area contributed by atoms with Crippen molar-refractivity contribution in [3.63, 3.8) is 0 Å². The molecule has 150 valence electrons. The van der Waals surface area contributed by atoms with Crippen LogP contribution in [0.1, 0.15) is 46.3 Å². The van der Waals surface area contributed by atoms with E-state index < -0.39 is 0 Å². The number of pyridine rings is 1. The van der Waals surface area contributed by atoms with Crippen molar-refractivity contribution >= 4 is 5.91 Å². The number of hydrogen-bond donors (Lipinski definition) is 0. The summed E-state index contributed by atoms with van der Waals surface area (Å²) in [4.78, 5) is 21.4. The first-order valence-corrected chi connectivity index (χ1v) is 10.2. The van der Waals surface area contributed by atoms with E-state index in [4.69, 9.17) is 9.84 Å². The molecule has 4 heterocycles. The Balaban J connectivity index is 1.42. The van der Waals surface area contributed by atoms with Crippen LogP contribution in [0, 0.1) is 6.92 Å². The number of carbonyl (C=O) groups excluding carboxylic acids is 1. The summed E-state index contributed by atoms with van der Waals surface area (Å²) in [5.41, 5.74) is 5.36. The van der Waals surface area contributed by atoms with Gasteiger partial charge in [0.05, 0.1) is 18.9 Å². The molecule has 0 N–H and O–H groups in total. The van der Waals surface area contributed by atoms with Crippen molar-refractivity contribution in [2.75, 3.05) is 32.8 Å². The Morgan fingerprint density at radius 2 is 2.14 bits per heavy atom. The monoisotopic (exact) mass is 383 g/mol. The predicted molar refractivity (Wildman–Crippen MR) is 106 cm³/mol. The number of nitrogens with zero attached hydrogens (tertiary/aromatic N) is 5. The summed E-state index contributed by atoms with van der Waals surface area (Å²) >= 11 is 0. The molecule has 1 saturated heterocycles. The summed E-state index contributed by atoms with van der Waals surface area (Å²) < 4.78 is 7.82. The van der Waals surface area contributed by atoms with Crippen molar-refractivity contribution < 1.29 is 9.53 Å². The molecule has 1 amide bonds. The van der Waals surface area contributed by atoms with Crippen LogP contribution in [0.15, 0.2) is 18.3 Å². The number of amides is 1. The Labute approximate surface area is 166 Å². The quantitative estimate of drug-likeness (QED) is 0.808. The molecular weight excluding hydrogens is 354 g/mol. The molecule has 2 aromatic rings. The van der Waals surface area contributed by atoms with Gasteiger partial charge in [0.25, 0.3) is 5.91 Å². The Kier molecular flexibility index (Phi) is 5.73. The fourth-order valence-electron chi connectivity index (χ4n) is 4.17. The molecule has 2 aliphatic rings. The van der Waals surface area contributed by atoms with E-state index in [-0.39, 0.29) is 5.91 Å². The van der Waals surface area contributed by atoms with Crippen LogP contribution >= 0.6 is 0 Å². The third-order valence-corrected chi connectivity index (χ3v) is 5.67. The zero-order valence-corrected chi connectivity index (χ0v) is 16.9. The van der Waals surface area contributed by atoms with Crippen LogP contribution < -0.4 is 0 Å². The highest BCUT2D eigenvalue weighted by molar-refractivity contribution is 5.94. The van der Waals surface area contributed by atoms with Crippen LogP contribution in [0.25, 0.3) is 0 Å². The van der Waals surface area contributed by atoms with Gasteiger partial charge in [0.2, 0.25) is 0 Å². The van der Waals surface area contributed by atoms with Crippen LogP contribution in [0.2, 0.25) is 0 Å². The molecule has 7 heteroatoms. The maximum Gasteiger partial charge on any atom is 0.254 e. The molecule has 7 nitrogen and oxygen atoms in total. The van der Waals surface area contributed by atoms with E-state index in [0.717, 1.165) is 75.7 Å². The summed E-state index contributed by atoms with van der Waals surface area (Å²) in [5, 5.41) is 4.85. The molecule has 0 bridgehead atoms. The van der Waals surface area contributed by atoms with Crippen molar-refractivity contribution in [2.24, 2.45) is 0 Å². The van der Waals surface area contributed by atoms with Gasteiger partial charge in [-0.15, -0.1) is 0 Å². The molecule has 28 heavy (non-hydrogen) atoms. The zero-order valence-electron chi connectivity index (χ0n) is 16.9. The third kappa shape index (κ3) is 3.95. The van der Waals surface area contributed by atoms with Crippen molar-refractivity contribution in [3.05, 3.63) is 46.5 Å². The predicted octanol–water partition coefficient (Wildman–Crippen LogP) is 2.03. The van der Waals surface area contributed by atoms with Crippen LogP contribution in [-0.4, -0.2) is 63.3 Å². The lowest BCUT2D eigenvalue weighted by Crippen LogP contribution is -2.35. The summed E-state index contributed by atoms with van der Waals surface area (Å²) in [6.45, 7) is 10.6. The number of hydrogen-bond acceptors (Lipinski definition) is 5. The second-order valence-electron chi connectivity index (χ2n) is 7.60. The van der Waals surface area contributed by atoms with Gasteiger partial charge in [0.15, 0.2) is 0 Å². The lowest BCUT2D eigenvalue weighted by Gasteiger charge is -2.22. The van der Waals surface area contributed by atoms with E-state index in [1.165, 1.54) is 11.3 Å². The van der Waals surface area contributed by atoms with Gasteiger partial charge < -0.3 is 9.64 Å². The van der Waals surface area contributed by atoms with Crippen LogP contribution in [0.5, 0.6) is 0 Å². The second-order valence-corrected chi connectivity index (χ2v) is 7.60. The summed E-state index contributed by atoms with van der Waals surface area (Å²) in [6, 6.07) is 3.68. The largest absolute Gasteiger partial charge is 0.376 e. The molecule has 0 aromatic carbocycles.